The van der Waals surface area contributed by atoms with Gasteiger partial charge in [0.15, 0.2) is 0 Å². The molecule has 0 aliphatic rings. The first-order valence-corrected chi connectivity index (χ1v) is 2.14. The van der Waals surface area contributed by atoms with Gasteiger partial charge in [0.25, 0.3) is 0 Å². The summed E-state index contributed by atoms with van der Waals surface area (Å²) in [4.78, 5) is 19.7. The molecule has 0 aliphatic heterocycles. The third-order valence-corrected chi connectivity index (χ3v) is 0.557. The van der Waals surface area contributed by atoms with E-state index in [1.165, 1.54) is 0 Å². The van der Waals surface area contributed by atoms with Gasteiger partial charge in [0, 0.05) is 6.08 Å². The van der Waals surface area contributed by atoms with Gasteiger partial charge in [0.2, 0.25) is 0 Å². The molecule has 0 aromatic carbocycles. The van der Waals surface area contributed by atoms with E-state index < -0.39 is 11.9 Å². The van der Waals surface area contributed by atoms with Gasteiger partial charge in [0.05, 0.1) is 13.1 Å². The quantitative estimate of drug-likeness (QED) is 0.218. The zero-order valence-electron chi connectivity index (χ0n) is 5.79. The van der Waals surface area contributed by atoms with Crippen molar-refractivity contribution in [2.45, 2.75) is 0 Å². The summed E-state index contributed by atoms with van der Waals surface area (Å²) in [5.41, 5.74) is 0. The van der Waals surface area contributed by atoms with E-state index >= 15 is 0 Å². The van der Waals surface area contributed by atoms with Crippen molar-refractivity contribution in [2.24, 2.45) is 0 Å². The molecule has 0 aromatic rings. The van der Waals surface area contributed by atoms with Crippen LogP contribution >= 0.6 is 0 Å². The fourth-order valence-electron chi connectivity index (χ4n) is 0.204. The summed E-state index contributed by atoms with van der Waals surface area (Å²) in [5.74, 6) is -2.13. The Morgan fingerprint density at radius 2 is 1.90 bits per heavy atom. The maximum atomic E-state index is 10.1. The Hall–Kier alpha value is -0.723. The van der Waals surface area contributed by atoms with Crippen LogP contribution < -0.4 is 24.0 Å². The van der Waals surface area contributed by atoms with Crippen molar-refractivity contribution in [1.82, 2.24) is 0 Å². The minimum atomic E-state index is -1.42. The van der Waals surface area contributed by atoms with Crippen LogP contribution in [0.2, 0.25) is 0 Å². The number of aliphatic carboxylic acids is 1. The molecule has 0 fully saturated rings. The number of ether oxygens (including phenoxy) is 1. The van der Waals surface area contributed by atoms with E-state index in [0.29, 0.717) is 6.08 Å². The molecule has 0 rings (SSSR count). The second kappa shape index (κ2) is 6.40. The number of carbonyl (C=O) groups is 2. The van der Waals surface area contributed by atoms with Gasteiger partial charge in [-0.3, -0.25) is 0 Å². The zero-order valence-corrected chi connectivity index (χ0v) is 5.79. The number of hydrogen-bond acceptors (Lipinski definition) is 4. The maximum Gasteiger partial charge on any atom is 1.00 e. The fraction of sp³-hybridized carbons (Fsp3) is 0.200. The SMILES string of the molecule is COC(=O)C=CC(=O)[O-].[Li+]. The molecule has 10 heavy (non-hydrogen) atoms. The third-order valence-electron chi connectivity index (χ3n) is 0.557. The second-order valence-electron chi connectivity index (χ2n) is 1.18. The Kier molecular flexibility index (Phi) is 7.68. The standard InChI is InChI=1S/C5H6O4.Li/c1-9-5(8)3-2-4(6)7;/h2-3H,1H3,(H,6,7);/q;+1/p-1. The number of rotatable bonds is 2. The Morgan fingerprint density at radius 3 is 2.20 bits per heavy atom. The van der Waals surface area contributed by atoms with E-state index in [4.69, 9.17) is 0 Å². The normalized spacial score (nSPS) is 8.50. The average Bonchev–Trinajstić information content (AvgIpc) is 1.83. The number of carboxylic acid groups (broad SMARTS) is 1. The summed E-state index contributed by atoms with van der Waals surface area (Å²) in [6.45, 7) is 0. The van der Waals surface area contributed by atoms with Crippen molar-refractivity contribution in [3.8, 4) is 0 Å². The van der Waals surface area contributed by atoms with Gasteiger partial charge in [0.1, 0.15) is 0 Å². The topological polar surface area (TPSA) is 66.4 Å². The van der Waals surface area contributed by atoms with Gasteiger partial charge in [-0.05, 0) is 6.08 Å². The van der Waals surface area contributed by atoms with Gasteiger partial charge >= 0.3 is 24.8 Å². The summed E-state index contributed by atoms with van der Waals surface area (Å²) in [5, 5.41) is 9.61. The van der Waals surface area contributed by atoms with E-state index in [0.717, 1.165) is 13.2 Å². The van der Waals surface area contributed by atoms with Crippen molar-refractivity contribution in [3.63, 3.8) is 0 Å². The van der Waals surface area contributed by atoms with Crippen LogP contribution in [0.1, 0.15) is 0 Å². The smallest absolute Gasteiger partial charge is 0.545 e. The van der Waals surface area contributed by atoms with Crippen molar-refractivity contribution in [3.05, 3.63) is 12.2 Å². The van der Waals surface area contributed by atoms with Crippen molar-refractivity contribution in [2.75, 3.05) is 7.11 Å². The molecule has 0 bridgehead atoms. The van der Waals surface area contributed by atoms with E-state index in [-0.39, 0.29) is 18.9 Å². The van der Waals surface area contributed by atoms with Gasteiger partial charge in [-0.1, -0.05) is 0 Å². The third kappa shape index (κ3) is 7.28. The number of carboxylic acids is 1. The fourth-order valence-corrected chi connectivity index (χ4v) is 0.204. The van der Waals surface area contributed by atoms with Gasteiger partial charge < -0.3 is 14.6 Å². The van der Waals surface area contributed by atoms with Crippen LogP contribution in [-0.4, -0.2) is 19.0 Å². The maximum absolute atomic E-state index is 10.1. The molecule has 0 radical (unpaired) electrons. The van der Waals surface area contributed by atoms with E-state index in [9.17, 15) is 14.7 Å². The van der Waals surface area contributed by atoms with E-state index in [1.807, 2.05) is 0 Å². The molecule has 5 heteroatoms. The molecule has 4 nitrogen and oxygen atoms in total. The molecule has 0 unspecified atom stereocenters. The summed E-state index contributed by atoms with van der Waals surface area (Å²) >= 11 is 0. The van der Waals surface area contributed by atoms with Crippen LogP contribution in [0.25, 0.3) is 0 Å². The summed E-state index contributed by atoms with van der Waals surface area (Å²) < 4.78 is 4.08. The van der Waals surface area contributed by atoms with Crippen LogP contribution in [0.15, 0.2) is 12.2 Å². The van der Waals surface area contributed by atoms with Crippen LogP contribution in [-0.2, 0) is 14.3 Å². The van der Waals surface area contributed by atoms with Crippen LogP contribution in [0.4, 0.5) is 0 Å². The first kappa shape index (κ1) is 12.0. The zero-order chi connectivity index (χ0) is 7.28. The first-order chi connectivity index (χ1) is 4.16. The minimum Gasteiger partial charge on any atom is -0.545 e. The van der Waals surface area contributed by atoms with Crippen LogP contribution in [0, 0.1) is 0 Å². The molecule has 0 spiro atoms. The molecular formula is C5H5LiO4. The Bertz CT molecular complexity index is 152. The Balaban J connectivity index is 0. The summed E-state index contributed by atoms with van der Waals surface area (Å²) in [7, 11) is 1.15. The Morgan fingerprint density at radius 1 is 1.40 bits per heavy atom. The largest absolute Gasteiger partial charge is 1.00 e. The van der Waals surface area contributed by atoms with Crippen molar-refractivity contribution < 1.29 is 38.3 Å². The molecule has 0 aromatic heterocycles. The summed E-state index contributed by atoms with van der Waals surface area (Å²) in [6.07, 6.45) is 1.38. The predicted molar refractivity (Wildman–Crippen MR) is 26.2 cm³/mol. The number of carbonyl (C=O) groups excluding carboxylic acids is 2. The molecule has 0 N–H and O–H groups in total. The molecule has 50 valence electrons. The number of esters is 1. The molecule has 0 aliphatic carbocycles. The van der Waals surface area contributed by atoms with Gasteiger partial charge in [-0.15, -0.1) is 0 Å². The monoisotopic (exact) mass is 136 g/mol. The molecule has 0 saturated heterocycles. The number of methoxy groups -OCH3 is 1. The van der Waals surface area contributed by atoms with E-state index in [2.05, 4.69) is 4.74 Å². The molecule has 0 atom stereocenters. The molecule has 0 heterocycles. The predicted octanol–water partition coefficient (Wildman–Crippen LogP) is -4.53. The first-order valence-electron chi connectivity index (χ1n) is 2.14. The Labute approximate surface area is 70.0 Å². The van der Waals surface area contributed by atoms with Gasteiger partial charge in [-0.2, -0.15) is 0 Å². The van der Waals surface area contributed by atoms with Crippen LogP contribution in [0.3, 0.4) is 0 Å². The second-order valence-corrected chi connectivity index (χ2v) is 1.18. The van der Waals surface area contributed by atoms with Gasteiger partial charge in [-0.25, -0.2) is 4.79 Å². The average molecular weight is 136 g/mol. The minimum absolute atomic E-state index is 0. The molecular weight excluding hydrogens is 131 g/mol. The summed E-state index contributed by atoms with van der Waals surface area (Å²) in [6, 6.07) is 0. The molecule has 0 amide bonds. The van der Waals surface area contributed by atoms with Crippen LogP contribution in [0.5, 0.6) is 0 Å². The van der Waals surface area contributed by atoms with Crippen molar-refractivity contribution >= 4 is 11.9 Å². The van der Waals surface area contributed by atoms with E-state index in [1.54, 1.807) is 0 Å². The number of hydrogen-bond donors (Lipinski definition) is 0. The molecule has 0 saturated carbocycles. The van der Waals surface area contributed by atoms with Crippen molar-refractivity contribution in [1.29, 1.82) is 0 Å².